The number of aliphatic hydroxyl groups excluding tert-OH is 3. The third kappa shape index (κ3) is 30.1. The minimum absolute atomic E-state index is 0.0737. The molecule has 0 bridgehead atoms. The molecule has 5 N–H and O–H groups in total. The van der Waals surface area contributed by atoms with Gasteiger partial charge >= 0.3 is 19.8 Å². The molecule has 0 aliphatic heterocycles. The van der Waals surface area contributed by atoms with Crippen LogP contribution in [0.4, 0.5) is 0 Å². The van der Waals surface area contributed by atoms with Gasteiger partial charge in [-0.3, -0.25) is 14.1 Å². The van der Waals surface area contributed by atoms with Crippen molar-refractivity contribution in [1.82, 2.24) is 0 Å². The predicted molar refractivity (Wildman–Crippen MR) is 227 cm³/mol. The highest BCUT2D eigenvalue weighted by molar-refractivity contribution is 7.46. The third-order valence-corrected chi connectivity index (χ3v) is 10.3. The van der Waals surface area contributed by atoms with Crippen LogP contribution >= 0.6 is 7.82 Å². The van der Waals surface area contributed by atoms with E-state index in [1.807, 2.05) is 6.08 Å². The summed E-state index contributed by atoms with van der Waals surface area (Å²) in [5.41, 5.74) is 0. The van der Waals surface area contributed by atoms with Gasteiger partial charge in [-0.25, -0.2) is 4.57 Å². The molecular formula is C45H75O11P. The third-order valence-electron chi connectivity index (χ3n) is 9.81. The summed E-state index contributed by atoms with van der Waals surface area (Å²) < 4.78 is 26.4. The molecule has 1 rings (SSSR count). The molecular weight excluding hydrogens is 747 g/mol. The maximum atomic E-state index is 12.5. The predicted octanol–water partition coefficient (Wildman–Crippen LogP) is 9.45. The quantitative estimate of drug-likeness (QED) is 0.0181. The van der Waals surface area contributed by atoms with E-state index in [1.54, 1.807) is 6.08 Å². The molecule has 0 aromatic heterocycles. The number of rotatable bonds is 34. The van der Waals surface area contributed by atoms with Gasteiger partial charge in [-0.2, -0.15) is 0 Å². The van der Waals surface area contributed by atoms with E-state index < -0.39 is 50.8 Å². The lowest BCUT2D eigenvalue weighted by Crippen LogP contribution is -2.29. The first-order valence-electron chi connectivity index (χ1n) is 21.5. The van der Waals surface area contributed by atoms with Crippen molar-refractivity contribution in [1.29, 1.82) is 0 Å². The SMILES string of the molecule is CC/C=C\C/C=C\C/C=C\C/C=C\C/C=C\CCCCCC(=O)OC[C@H](COP(=O)(O)O)OC(=O)CCCCCC[C@@H]1[C@@H](/C=C/[C@@H](O)CCCCC)[C@H](O)C[C@@H]1O. The van der Waals surface area contributed by atoms with Crippen LogP contribution in [0.15, 0.2) is 72.9 Å². The van der Waals surface area contributed by atoms with Gasteiger partial charge in [0.2, 0.25) is 0 Å². The van der Waals surface area contributed by atoms with Crippen molar-refractivity contribution in [2.24, 2.45) is 11.8 Å². The molecule has 326 valence electrons. The van der Waals surface area contributed by atoms with Crippen LogP contribution < -0.4 is 0 Å². The Labute approximate surface area is 343 Å². The van der Waals surface area contributed by atoms with Gasteiger partial charge in [0.1, 0.15) is 6.61 Å². The molecule has 0 heterocycles. The summed E-state index contributed by atoms with van der Waals surface area (Å²) in [4.78, 5) is 43.1. The summed E-state index contributed by atoms with van der Waals surface area (Å²) in [6.07, 6.45) is 38.3. The van der Waals surface area contributed by atoms with Crippen molar-refractivity contribution < 1.29 is 53.3 Å². The number of esters is 2. The molecule has 11 nitrogen and oxygen atoms in total. The van der Waals surface area contributed by atoms with E-state index in [4.69, 9.17) is 19.3 Å². The lowest BCUT2D eigenvalue weighted by Gasteiger charge is -2.21. The van der Waals surface area contributed by atoms with Gasteiger partial charge in [0, 0.05) is 25.2 Å². The smallest absolute Gasteiger partial charge is 0.462 e. The van der Waals surface area contributed by atoms with E-state index in [0.29, 0.717) is 32.1 Å². The zero-order chi connectivity index (χ0) is 42.0. The molecule has 0 aromatic rings. The molecule has 0 amide bonds. The lowest BCUT2D eigenvalue weighted by molar-refractivity contribution is -0.161. The van der Waals surface area contributed by atoms with E-state index in [1.165, 1.54) is 0 Å². The minimum atomic E-state index is -4.83. The molecule has 1 saturated carbocycles. The fraction of sp³-hybridized carbons (Fsp3) is 0.689. The summed E-state index contributed by atoms with van der Waals surface area (Å²) in [6, 6.07) is 0. The fourth-order valence-electron chi connectivity index (χ4n) is 6.61. The first-order chi connectivity index (χ1) is 27.5. The molecule has 0 radical (unpaired) electrons. The summed E-state index contributed by atoms with van der Waals surface area (Å²) >= 11 is 0. The first kappa shape index (κ1) is 52.4. The van der Waals surface area contributed by atoms with Crippen molar-refractivity contribution in [3.8, 4) is 0 Å². The van der Waals surface area contributed by atoms with E-state index in [-0.39, 0.29) is 31.3 Å². The summed E-state index contributed by atoms with van der Waals surface area (Å²) in [5, 5.41) is 31.3. The largest absolute Gasteiger partial charge is 0.469 e. The number of ether oxygens (including phenoxy) is 2. The maximum absolute atomic E-state index is 12.5. The molecule has 57 heavy (non-hydrogen) atoms. The Morgan fingerprint density at radius 3 is 1.89 bits per heavy atom. The highest BCUT2D eigenvalue weighted by Crippen LogP contribution is 2.38. The Balaban J connectivity index is 2.28. The Hall–Kier alpha value is -2.63. The monoisotopic (exact) mass is 823 g/mol. The number of allylic oxidation sites excluding steroid dienone is 10. The van der Waals surface area contributed by atoms with E-state index in [9.17, 15) is 29.5 Å². The van der Waals surface area contributed by atoms with Crippen LogP contribution in [0.2, 0.25) is 0 Å². The first-order valence-corrected chi connectivity index (χ1v) is 23.0. The number of carbonyl (C=O) groups excluding carboxylic acids is 2. The van der Waals surface area contributed by atoms with Crippen molar-refractivity contribution in [3.63, 3.8) is 0 Å². The highest BCUT2D eigenvalue weighted by Gasteiger charge is 2.39. The normalized spacial score (nSPS) is 20.3. The van der Waals surface area contributed by atoms with Crippen molar-refractivity contribution >= 4 is 19.8 Å². The molecule has 6 atom stereocenters. The number of phosphoric ester groups is 1. The van der Waals surface area contributed by atoms with Gasteiger partial charge in [-0.1, -0.05) is 132 Å². The zero-order valence-corrected chi connectivity index (χ0v) is 35.7. The van der Waals surface area contributed by atoms with Crippen LogP contribution in [0.5, 0.6) is 0 Å². The van der Waals surface area contributed by atoms with Gasteiger partial charge in [0.05, 0.1) is 24.9 Å². The molecule has 1 aliphatic rings. The molecule has 0 saturated heterocycles. The van der Waals surface area contributed by atoms with Crippen LogP contribution in [0.1, 0.15) is 149 Å². The van der Waals surface area contributed by atoms with E-state index in [2.05, 4.69) is 79.1 Å². The Morgan fingerprint density at radius 1 is 0.702 bits per heavy atom. The lowest BCUT2D eigenvalue weighted by atomic mass is 9.88. The van der Waals surface area contributed by atoms with Crippen molar-refractivity contribution in [3.05, 3.63) is 72.9 Å². The number of carbonyl (C=O) groups is 2. The summed E-state index contributed by atoms with van der Waals surface area (Å²) in [7, 11) is -4.83. The van der Waals surface area contributed by atoms with Gasteiger partial charge < -0.3 is 34.6 Å². The van der Waals surface area contributed by atoms with Crippen LogP contribution in [-0.4, -0.2) is 74.7 Å². The average Bonchev–Trinajstić information content (AvgIpc) is 3.44. The van der Waals surface area contributed by atoms with Crippen LogP contribution in [0.25, 0.3) is 0 Å². The Morgan fingerprint density at radius 2 is 1.28 bits per heavy atom. The van der Waals surface area contributed by atoms with E-state index >= 15 is 0 Å². The molecule has 1 aliphatic carbocycles. The number of hydrogen-bond acceptors (Lipinski definition) is 9. The van der Waals surface area contributed by atoms with E-state index in [0.717, 1.165) is 89.9 Å². The van der Waals surface area contributed by atoms with Crippen LogP contribution in [-0.2, 0) is 28.2 Å². The van der Waals surface area contributed by atoms with Gasteiger partial charge in [0.15, 0.2) is 6.10 Å². The van der Waals surface area contributed by atoms with Crippen LogP contribution in [0, 0.1) is 11.8 Å². The highest BCUT2D eigenvalue weighted by atomic mass is 31.2. The number of phosphoric acid groups is 1. The number of aliphatic hydroxyl groups is 3. The summed E-state index contributed by atoms with van der Waals surface area (Å²) in [5.74, 6) is -1.38. The Bertz CT molecular complexity index is 1270. The average molecular weight is 823 g/mol. The van der Waals surface area contributed by atoms with Gasteiger partial charge in [0.25, 0.3) is 0 Å². The topological polar surface area (TPSA) is 180 Å². The minimum Gasteiger partial charge on any atom is -0.462 e. The maximum Gasteiger partial charge on any atom is 0.469 e. The van der Waals surface area contributed by atoms with Gasteiger partial charge in [-0.15, -0.1) is 0 Å². The molecule has 1 fully saturated rings. The molecule has 12 heteroatoms. The number of unbranched alkanes of at least 4 members (excludes halogenated alkanes) is 8. The fourth-order valence-corrected chi connectivity index (χ4v) is 6.97. The number of hydrogen-bond donors (Lipinski definition) is 5. The van der Waals surface area contributed by atoms with Crippen LogP contribution in [0.3, 0.4) is 0 Å². The second kappa shape index (κ2) is 34.3. The van der Waals surface area contributed by atoms with Crippen molar-refractivity contribution in [2.75, 3.05) is 13.2 Å². The summed E-state index contributed by atoms with van der Waals surface area (Å²) in [6.45, 7) is 3.26. The standard InChI is InChI=1S/C45H75O11P/c1-3-5-7-8-9-10-11-12-13-14-15-16-17-18-19-20-21-22-27-31-44(49)54-36-39(37-55-57(51,52)53)56-45(50)32-28-24-23-26-30-40-41(43(48)35-42(40)47)34-33-38(46)29-25-6-4-2/h5,7,9-10,12-13,15-16,18-19,33-34,38-43,46-48H,3-4,6,8,11,14,17,20-32,35-37H2,1-2H3,(H2,51,52,53)/b7-5-,10-9-,13-12-,16-15-,19-18-,34-33+/t38-,39+,40+,41+,42-,43+/m0/s1. The second-order valence-electron chi connectivity index (χ2n) is 14.9. The molecule has 0 spiro atoms. The molecule has 0 unspecified atom stereocenters. The Kier molecular flexibility index (Phi) is 31.5. The second-order valence-corrected chi connectivity index (χ2v) is 16.1. The zero-order valence-electron chi connectivity index (χ0n) is 34.8. The van der Waals surface area contributed by atoms with Crippen molar-refractivity contribution in [2.45, 2.75) is 173 Å². The van der Waals surface area contributed by atoms with Gasteiger partial charge in [-0.05, 0) is 76.5 Å². The molecule has 0 aromatic carbocycles.